The van der Waals surface area contributed by atoms with E-state index in [0.717, 1.165) is 11.6 Å². The zero-order chi connectivity index (χ0) is 14.9. The Labute approximate surface area is 140 Å². The standard InChI is InChI=1S/C12H19F2N5O.2ClH/c1-18(2)11-16-6-8(19(11)3)5-15-10(20)9-4-12(13,14)7-17-9;;/h6,9,17H,4-5,7H2,1-3H3,(H,15,20);2*1H. The van der Waals surface area contributed by atoms with E-state index >= 15 is 0 Å². The molecule has 22 heavy (non-hydrogen) atoms. The van der Waals surface area contributed by atoms with Gasteiger partial charge in [0.1, 0.15) is 0 Å². The Bertz CT molecular complexity index is 510. The number of anilines is 1. The van der Waals surface area contributed by atoms with Gasteiger partial charge in [0, 0.05) is 27.6 Å². The molecule has 0 aromatic carbocycles. The van der Waals surface area contributed by atoms with E-state index in [4.69, 9.17) is 0 Å². The highest BCUT2D eigenvalue weighted by atomic mass is 35.5. The van der Waals surface area contributed by atoms with Crippen LogP contribution in [0.4, 0.5) is 14.7 Å². The highest BCUT2D eigenvalue weighted by molar-refractivity contribution is 5.85. The molecule has 2 heterocycles. The van der Waals surface area contributed by atoms with E-state index in [1.54, 1.807) is 6.20 Å². The number of amides is 1. The van der Waals surface area contributed by atoms with Gasteiger partial charge in [-0.1, -0.05) is 0 Å². The van der Waals surface area contributed by atoms with Crippen molar-refractivity contribution >= 4 is 36.7 Å². The Hall–Kier alpha value is -1.12. The zero-order valence-electron chi connectivity index (χ0n) is 12.6. The molecule has 0 aliphatic carbocycles. The average molecular weight is 360 g/mol. The van der Waals surface area contributed by atoms with Crippen LogP contribution in [0.5, 0.6) is 0 Å². The average Bonchev–Trinajstić information content (AvgIpc) is 2.89. The summed E-state index contributed by atoms with van der Waals surface area (Å²) in [7, 11) is 5.58. The van der Waals surface area contributed by atoms with Gasteiger partial charge in [0.2, 0.25) is 11.9 Å². The number of nitrogens with zero attached hydrogens (tertiary/aromatic N) is 3. The van der Waals surface area contributed by atoms with Gasteiger partial charge in [-0.15, -0.1) is 24.8 Å². The van der Waals surface area contributed by atoms with Crippen molar-refractivity contribution in [3.8, 4) is 0 Å². The summed E-state index contributed by atoms with van der Waals surface area (Å²) >= 11 is 0. The number of imidazole rings is 1. The molecule has 0 saturated carbocycles. The van der Waals surface area contributed by atoms with Crippen molar-refractivity contribution in [2.45, 2.75) is 24.9 Å². The van der Waals surface area contributed by atoms with E-state index in [1.807, 2.05) is 30.6 Å². The van der Waals surface area contributed by atoms with E-state index in [0.29, 0.717) is 0 Å². The lowest BCUT2D eigenvalue weighted by Crippen LogP contribution is -2.40. The van der Waals surface area contributed by atoms with Crippen molar-refractivity contribution in [2.75, 3.05) is 25.5 Å². The van der Waals surface area contributed by atoms with E-state index in [2.05, 4.69) is 15.6 Å². The van der Waals surface area contributed by atoms with E-state index in [-0.39, 0.29) is 31.4 Å². The summed E-state index contributed by atoms with van der Waals surface area (Å²) in [5.41, 5.74) is 0.812. The highest BCUT2D eigenvalue weighted by Crippen LogP contribution is 2.25. The molecule has 2 N–H and O–H groups in total. The molecule has 1 amide bonds. The van der Waals surface area contributed by atoms with Crippen LogP contribution < -0.4 is 15.5 Å². The van der Waals surface area contributed by atoms with Gasteiger partial charge in [-0.05, 0) is 0 Å². The van der Waals surface area contributed by atoms with Crippen LogP contribution in [-0.4, -0.2) is 48.1 Å². The van der Waals surface area contributed by atoms with Crippen molar-refractivity contribution in [3.05, 3.63) is 11.9 Å². The summed E-state index contributed by atoms with van der Waals surface area (Å²) in [6.45, 7) is -0.179. The number of nitrogens with one attached hydrogen (secondary N) is 2. The van der Waals surface area contributed by atoms with Crippen LogP contribution in [0.25, 0.3) is 0 Å². The minimum atomic E-state index is -2.80. The summed E-state index contributed by atoms with van der Waals surface area (Å²) in [4.78, 5) is 17.9. The first-order valence-electron chi connectivity index (χ1n) is 6.37. The van der Waals surface area contributed by atoms with Gasteiger partial charge in [-0.2, -0.15) is 0 Å². The van der Waals surface area contributed by atoms with Crippen molar-refractivity contribution < 1.29 is 13.6 Å². The summed E-state index contributed by atoms with van der Waals surface area (Å²) in [5.74, 6) is -2.44. The minimum absolute atomic E-state index is 0. The maximum absolute atomic E-state index is 13.0. The second-order valence-electron chi connectivity index (χ2n) is 5.21. The summed E-state index contributed by atoms with van der Waals surface area (Å²) in [6.07, 6.45) is 1.21. The molecule has 10 heteroatoms. The third kappa shape index (κ3) is 4.69. The van der Waals surface area contributed by atoms with Crippen molar-refractivity contribution in [2.24, 2.45) is 7.05 Å². The van der Waals surface area contributed by atoms with Crippen LogP contribution in [0.3, 0.4) is 0 Å². The van der Waals surface area contributed by atoms with E-state index < -0.39 is 30.8 Å². The van der Waals surface area contributed by atoms with Gasteiger partial charge in [-0.25, -0.2) is 13.8 Å². The fourth-order valence-corrected chi connectivity index (χ4v) is 2.22. The topological polar surface area (TPSA) is 62.2 Å². The van der Waals surface area contributed by atoms with Crippen molar-refractivity contribution in [3.63, 3.8) is 0 Å². The molecule has 1 aromatic heterocycles. The van der Waals surface area contributed by atoms with Crippen LogP contribution in [0.15, 0.2) is 6.20 Å². The first-order chi connectivity index (χ1) is 9.30. The molecule has 1 unspecified atom stereocenters. The van der Waals surface area contributed by atoms with Crippen LogP contribution in [-0.2, 0) is 18.4 Å². The third-order valence-electron chi connectivity index (χ3n) is 3.33. The monoisotopic (exact) mass is 359 g/mol. The molecule has 0 radical (unpaired) electrons. The third-order valence-corrected chi connectivity index (χ3v) is 3.33. The smallest absolute Gasteiger partial charge is 0.262 e. The largest absolute Gasteiger partial charge is 0.349 e. The lowest BCUT2D eigenvalue weighted by atomic mass is 10.2. The molecule has 1 fully saturated rings. The Kier molecular flexibility index (Phi) is 7.53. The summed E-state index contributed by atoms with van der Waals surface area (Å²) in [5, 5.41) is 5.19. The molecule has 2 rings (SSSR count). The molecule has 6 nitrogen and oxygen atoms in total. The fraction of sp³-hybridized carbons (Fsp3) is 0.667. The molecule has 1 saturated heterocycles. The van der Waals surface area contributed by atoms with E-state index in [1.165, 1.54) is 0 Å². The van der Waals surface area contributed by atoms with Crippen molar-refractivity contribution in [1.82, 2.24) is 20.2 Å². The van der Waals surface area contributed by atoms with Gasteiger partial charge < -0.3 is 14.8 Å². The van der Waals surface area contributed by atoms with Crippen molar-refractivity contribution in [1.29, 1.82) is 0 Å². The van der Waals surface area contributed by atoms with Gasteiger partial charge in [-0.3, -0.25) is 10.1 Å². The number of hydrogen-bond donors (Lipinski definition) is 2. The van der Waals surface area contributed by atoms with Gasteiger partial charge in [0.15, 0.2) is 0 Å². The fourth-order valence-electron chi connectivity index (χ4n) is 2.22. The number of carbonyl (C=O) groups excluding carboxylic acids is 1. The molecule has 128 valence electrons. The lowest BCUT2D eigenvalue weighted by molar-refractivity contribution is -0.123. The number of carbonyl (C=O) groups is 1. The van der Waals surface area contributed by atoms with E-state index in [9.17, 15) is 13.6 Å². The quantitative estimate of drug-likeness (QED) is 0.839. The Balaban J connectivity index is 0.00000220. The van der Waals surface area contributed by atoms with Gasteiger partial charge in [0.05, 0.1) is 31.0 Å². The first kappa shape index (κ1) is 20.9. The molecule has 1 atom stereocenters. The summed E-state index contributed by atoms with van der Waals surface area (Å²) < 4.78 is 27.9. The molecule has 1 aromatic rings. The minimum Gasteiger partial charge on any atom is -0.349 e. The number of aromatic nitrogens is 2. The molecular weight excluding hydrogens is 339 g/mol. The highest BCUT2D eigenvalue weighted by Gasteiger charge is 2.42. The maximum Gasteiger partial charge on any atom is 0.262 e. The lowest BCUT2D eigenvalue weighted by Gasteiger charge is -2.14. The zero-order valence-corrected chi connectivity index (χ0v) is 14.2. The van der Waals surface area contributed by atoms with Crippen LogP contribution >= 0.6 is 24.8 Å². The number of hydrogen-bond acceptors (Lipinski definition) is 4. The number of rotatable bonds is 4. The second-order valence-corrected chi connectivity index (χ2v) is 5.21. The predicted molar refractivity (Wildman–Crippen MR) is 85.2 cm³/mol. The Morgan fingerprint density at radius 3 is 2.64 bits per heavy atom. The van der Waals surface area contributed by atoms with Crippen LogP contribution in [0, 0.1) is 0 Å². The molecule has 0 bridgehead atoms. The first-order valence-corrected chi connectivity index (χ1v) is 6.37. The normalized spacial score (nSPS) is 19.0. The number of halogens is 4. The second kappa shape index (κ2) is 7.94. The molecular formula is C12H21Cl2F2N5O. The Morgan fingerprint density at radius 2 is 2.18 bits per heavy atom. The summed E-state index contributed by atoms with van der Waals surface area (Å²) in [6, 6.07) is -0.827. The van der Waals surface area contributed by atoms with Gasteiger partial charge in [0.25, 0.3) is 5.92 Å². The van der Waals surface area contributed by atoms with Crippen LogP contribution in [0.1, 0.15) is 12.1 Å². The number of alkyl halides is 2. The molecule has 0 spiro atoms. The predicted octanol–water partition coefficient (Wildman–Crippen LogP) is 0.943. The Morgan fingerprint density at radius 1 is 1.55 bits per heavy atom. The SMILES string of the molecule is CN(C)c1ncc(CNC(=O)C2CC(F)(F)CN2)n1C.Cl.Cl. The van der Waals surface area contributed by atoms with Gasteiger partial charge >= 0.3 is 0 Å². The molecule has 1 aliphatic heterocycles. The van der Waals surface area contributed by atoms with Crippen LogP contribution in [0.2, 0.25) is 0 Å². The molecule has 1 aliphatic rings. The maximum atomic E-state index is 13.0.